The molecule has 20 heavy (non-hydrogen) atoms. The minimum absolute atomic E-state index is 0.285. The minimum atomic E-state index is -1.24. The molecule has 104 valence electrons. The zero-order chi connectivity index (χ0) is 14.5. The van der Waals surface area contributed by atoms with Gasteiger partial charge in [0, 0.05) is 15.5 Å². The van der Waals surface area contributed by atoms with Gasteiger partial charge in [-0.3, -0.25) is 0 Å². The standard InChI is InChI=1S/C15H13FO2S2/c1-19-11-4-2-10(3-5-11)9-20-12-6-7-14(16)13(8-12)15(17)18/h2-8H,9H2,1H3,(H,17,18). The molecule has 0 aliphatic rings. The summed E-state index contributed by atoms with van der Waals surface area (Å²) in [6.07, 6.45) is 2.02. The van der Waals surface area contributed by atoms with Crippen molar-refractivity contribution in [1.82, 2.24) is 0 Å². The number of hydrogen-bond acceptors (Lipinski definition) is 3. The van der Waals surface area contributed by atoms with Crippen molar-refractivity contribution in [2.45, 2.75) is 15.5 Å². The quantitative estimate of drug-likeness (QED) is 0.823. The van der Waals surface area contributed by atoms with Gasteiger partial charge in [0.05, 0.1) is 5.56 Å². The normalized spacial score (nSPS) is 10.5. The van der Waals surface area contributed by atoms with Crippen molar-refractivity contribution in [3.05, 3.63) is 59.4 Å². The lowest BCUT2D eigenvalue weighted by Crippen LogP contribution is -2.00. The predicted octanol–water partition coefficient (Wildman–Crippen LogP) is 4.54. The van der Waals surface area contributed by atoms with Gasteiger partial charge in [-0.05, 0) is 42.2 Å². The average Bonchev–Trinajstić information content (AvgIpc) is 2.46. The fourth-order valence-electron chi connectivity index (χ4n) is 1.65. The number of aromatic carboxylic acids is 1. The van der Waals surface area contributed by atoms with Crippen molar-refractivity contribution in [1.29, 1.82) is 0 Å². The molecule has 0 fully saturated rings. The number of thioether (sulfide) groups is 2. The van der Waals surface area contributed by atoms with E-state index in [9.17, 15) is 9.18 Å². The monoisotopic (exact) mass is 308 g/mol. The lowest BCUT2D eigenvalue weighted by Gasteiger charge is -2.05. The molecular formula is C15H13FO2S2. The Balaban J connectivity index is 2.06. The fraction of sp³-hybridized carbons (Fsp3) is 0.133. The van der Waals surface area contributed by atoms with E-state index in [1.165, 1.54) is 28.8 Å². The number of benzene rings is 2. The number of carboxylic acids is 1. The van der Waals surface area contributed by atoms with Crippen LogP contribution in [0.25, 0.3) is 0 Å². The molecule has 2 aromatic carbocycles. The highest BCUT2D eigenvalue weighted by molar-refractivity contribution is 7.98. The molecule has 0 radical (unpaired) electrons. The van der Waals surface area contributed by atoms with Crippen LogP contribution < -0.4 is 0 Å². The molecule has 0 atom stereocenters. The van der Waals surface area contributed by atoms with Crippen molar-refractivity contribution >= 4 is 29.5 Å². The maximum Gasteiger partial charge on any atom is 0.338 e. The Morgan fingerprint density at radius 2 is 1.80 bits per heavy atom. The molecule has 1 N–H and O–H groups in total. The highest BCUT2D eigenvalue weighted by Crippen LogP contribution is 2.26. The highest BCUT2D eigenvalue weighted by Gasteiger charge is 2.10. The summed E-state index contributed by atoms with van der Waals surface area (Å²) in [7, 11) is 0. The molecule has 0 aliphatic heterocycles. The Labute approximate surface area is 125 Å². The van der Waals surface area contributed by atoms with Crippen LogP contribution in [0.1, 0.15) is 15.9 Å². The van der Waals surface area contributed by atoms with Crippen molar-refractivity contribution < 1.29 is 14.3 Å². The molecule has 0 bridgehead atoms. The predicted molar refractivity (Wildman–Crippen MR) is 81.1 cm³/mol. The summed E-state index contributed by atoms with van der Waals surface area (Å²) in [6, 6.07) is 12.4. The van der Waals surface area contributed by atoms with Crippen LogP contribution in [-0.2, 0) is 5.75 Å². The lowest BCUT2D eigenvalue weighted by molar-refractivity contribution is 0.0691. The minimum Gasteiger partial charge on any atom is -0.478 e. The van der Waals surface area contributed by atoms with Crippen molar-refractivity contribution in [2.75, 3.05) is 6.26 Å². The third-order valence-corrected chi connectivity index (χ3v) is 4.54. The first-order valence-corrected chi connectivity index (χ1v) is 8.10. The summed E-state index contributed by atoms with van der Waals surface area (Å²) in [5, 5.41) is 8.88. The summed E-state index contributed by atoms with van der Waals surface area (Å²) in [4.78, 5) is 12.8. The number of rotatable bonds is 5. The van der Waals surface area contributed by atoms with Gasteiger partial charge in [0.15, 0.2) is 0 Å². The van der Waals surface area contributed by atoms with Crippen LogP contribution in [0.5, 0.6) is 0 Å². The van der Waals surface area contributed by atoms with Crippen molar-refractivity contribution in [2.24, 2.45) is 0 Å². The van der Waals surface area contributed by atoms with Gasteiger partial charge in [0.25, 0.3) is 0 Å². The number of halogens is 1. The molecule has 2 aromatic rings. The van der Waals surface area contributed by atoms with E-state index >= 15 is 0 Å². The summed E-state index contributed by atoms with van der Waals surface area (Å²) < 4.78 is 13.3. The molecule has 2 rings (SSSR count). The molecule has 0 spiro atoms. The molecular weight excluding hydrogens is 295 g/mol. The number of carboxylic acid groups (broad SMARTS) is 1. The summed E-state index contributed by atoms with van der Waals surface area (Å²) in [6.45, 7) is 0. The maximum absolute atomic E-state index is 13.3. The van der Waals surface area contributed by atoms with Crippen LogP contribution in [0, 0.1) is 5.82 Å². The zero-order valence-corrected chi connectivity index (χ0v) is 12.4. The third kappa shape index (κ3) is 3.77. The first kappa shape index (κ1) is 14.9. The van der Waals surface area contributed by atoms with Gasteiger partial charge in [-0.25, -0.2) is 9.18 Å². The summed E-state index contributed by atoms with van der Waals surface area (Å²) >= 11 is 3.18. The van der Waals surface area contributed by atoms with Crippen LogP contribution in [0.3, 0.4) is 0 Å². The maximum atomic E-state index is 13.3. The molecule has 0 unspecified atom stereocenters. The van der Waals surface area contributed by atoms with E-state index in [-0.39, 0.29) is 5.56 Å². The average molecular weight is 308 g/mol. The Morgan fingerprint density at radius 3 is 2.40 bits per heavy atom. The van der Waals surface area contributed by atoms with Gasteiger partial charge in [-0.15, -0.1) is 23.5 Å². The van der Waals surface area contributed by atoms with E-state index in [1.807, 2.05) is 30.5 Å². The second-order valence-electron chi connectivity index (χ2n) is 4.08. The molecule has 2 nitrogen and oxygen atoms in total. The molecule has 5 heteroatoms. The summed E-state index contributed by atoms with van der Waals surface area (Å²) in [5.41, 5.74) is 0.863. The number of hydrogen-bond donors (Lipinski definition) is 1. The third-order valence-electron chi connectivity index (χ3n) is 2.73. The van der Waals surface area contributed by atoms with Crippen LogP contribution in [0.4, 0.5) is 4.39 Å². The van der Waals surface area contributed by atoms with Gasteiger partial charge in [0.1, 0.15) is 5.82 Å². The smallest absolute Gasteiger partial charge is 0.338 e. The topological polar surface area (TPSA) is 37.3 Å². The van der Waals surface area contributed by atoms with Crippen LogP contribution in [0.2, 0.25) is 0 Å². The first-order valence-electron chi connectivity index (χ1n) is 5.88. The fourth-order valence-corrected chi connectivity index (χ4v) is 2.95. The molecule has 0 aliphatic carbocycles. The van der Waals surface area contributed by atoms with E-state index in [4.69, 9.17) is 5.11 Å². The highest BCUT2D eigenvalue weighted by atomic mass is 32.2. The molecule has 0 saturated carbocycles. The Hall–Kier alpha value is -1.46. The second kappa shape index (κ2) is 6.81. The van der Waals surface area contributed by atoms with Gasteiger partial charge in [-0.1, -0.05) is 12.1 Å². The van der Waals surface area contributed by atoms with Gasteiger partial charge in [-0.2, -0.15) is 0 Å². The second-order valence-corrected chi connectivity index (χ2v) is 6.01. The van der Waals surface area contributed by atoms with Gasteiger partial charge >= 0.3 is 5.97 Å². The SMILES string of the molecule is CSc1ccc(CSc2ccc(F)c(C(=O)O)c2)cc1. The van der Waals surface area contributed by atoms with Gasteiger partial charge in [0.2, 0.25) is 0 Å². The first-order chi connectivity index (χ1) is 9.60. The van der Waals surface area contributed by atoms with Crippen LogP contribution in [0.15, 0.2) is 52.3 Å². The Bertz CT molecular complexity index is 612. The van der Waals surface area contributed by atoms with Crippen LogP contribution >= 0.6 is 23.5 Å². The van der Waals surface area contributed by atoms with E-state index < -0.39 is 11.8 Å². The zero-order valence-electron chi connectivity index (χ0n) is 10.8. The van der Waals surface area contributed by atoms with E-state index in [0.29, 0.717) is 0 Å². The van der Waals surface area contributed by atoms with Crippen molar-refractivity contribution in [3.8, 4) is 0 Å². The molecule has 0 amide bonds. The lowest BCUT2D eigenvalue weighted by atomic mass is 10.2. The van der Waals surface area contributed by atoms with E-state index in [0.717, 1.165) is 16.2 Å². The Kier molecular flexibility index (Phi) is 5.09. The largest absolute Gasteiger partial charge is 0.478 e. The van der Waals surface area contributed by atoms with E-state index in [1.54, 1.807) is 17.8 Å². The Morgan fingerprint density at radius 1 is 1.15 bits per heavy atom. The van der Waals surface area contributed by atoms with Gasteiger partial charge < -0.3 is 5.11 Å². The van der Waals surface area contributed by atoms with E-state index in [2.05, 4.69) is 0 Å². The molecule has 0 aromatic heterocycles. The molecule has 0 saturated heterocycles. The number of carbonyl (C=O) groups is 1. The van der Waals surface area contributed by atoms with Crippen molar-refractivity contribution in [3.63, 3.8) is 0 Å². The van der Waals surface area contributed by atoms with Crippen LogP contribution in [-0.4, -0.2) is 17.3 Å². The molecule has 0 heterocycles. The summed E-state index contributed by atoms with van der Waals surface area (Å²) in [5.74, 6) is -1.22.